The molecule has 0 spiro atoms. The van der Waals surface area contributed by atoms with Crippen LogP contribution in [0.3, 0.4) is 0 Å². The molecule has 1 amide bonds. The smallest absolute Gasteiger partial charge is 0.286 e. The summed E-state index contributed by atoms with van der Waals surface area (Å²) in [7, 11) is 1.81. The second kappa shape index (κ2) is 6.89. The van der Waals surface area contributed by atoms with Crippen molar-refractivity contribution in [2.75, 3.05) is 11.9 Å². The first-order chi connectivity index (χ1) is 11.5. The maximum absolute atomic E-state index is 12.2. The number of rotatable bonds is 2. The molecule has 1 aliphatic heterocycles. The van der Waals surface area contributed by atoms with Crippen molar-refractivity contribution >= 4 is 57.8 Å². The zero-order valence-corrected chi connectivity index (χ0v) is 14.9. The van der Waals surface area contributed by atoms with Gasteiger partial charge < -0.3 is 10.0 Å². The number of hydrogen-bond acceptors (Lipinski definition) is 4. The van der Waals surface area contributed by atoms with E-state index in [0.29, 0.717) is 25.7 Å². The summed E-state index contributed by atoms with van der Waals surface area (Å²) in [5, 5.41) is 10.7. The van der Waals surface area contributed by atoms with E-state index in [9.17, 15) is 9.90 Å². The number of benzene rings is 2. The topological polar surface area (TPSA) is 52.9 Å². The fraction of sp³-hybridized carbons (Fsp3) is 0.0588. The predicted molar refractivity (Wildman–Crippen MR) is 101 cm³/mol. The van der Waals surface area contributed by atoms with Crippen LogP contribution in [-0.2, 0) is 4.79 Å². The van der Waals surface area contributed by atoms with Crippen molar-refractivity contribution < 1.29 is 9.90 Å². The average Bonchev–Trinajstić information content (AvgIpc) is 2.93. The van der Waals surface area contributed by atoms with Crippen LogP contribution in [0.4, 0.5) is 5.69 Å². The highest BCUT2D eigenvalue weighted by molar-refractivity contribution is 8.18. The Balaban J connectivity index is 1.84. The SMILES string of the molecule is CN(C1=NC(=O)C(=Cc2cccc(Cl)c2Cl)S1)c1ccc(O)cc1. The monoisotopic (exact) mass is 378 g/mol. The Hall–Kier alpha value is -1.95. The van der Waals surface area contributed by atoms with Crippen molar-refractivity contribution in [3.05, 3.63) is 63.0 Å². The lowest BCUT2D eigenvalue weighted by Gasteiger charge is -2.17. The van der Waals surface area contributed by atoms with Crippen molar-refractivity contribution in [3.8, 4) is 5.75 Å². The minimum Gasteiger partial charge on any atom is -0.508 e. The van der Waals surface area contributed by atoms with Gasteiger partial charge in [-0.15, -0.1) is 0 Å². The molecule has 1 aliphatic rings. The number of thioether (sulfide) groups is 1. The zero-order chi connectivity index (χ0) is 17.3. The summed E-state index contributed by atoms with van der Waals surface area (Å²) < 4.78 is 0. The number of phenols is 1. The molecule has 2 aromatic rings. The molecule has 1 heterocycles. The van der Waals surface area contributed by atoms with Gasteiger partial charge in [0, 0.05) is 12.7 Å². The Morgan fingerprint density at radius 2 is 1.88 bits per heavy atom. The first-order valence-corrected chi connectivity index (χ1v) is 8.52. The molecule has 4 nitrogen and oxygen atoms in total. The molecule has 0 saturated carbocycles. The van der Waals surface area contributed by atoms with Gasteiger partial charge >= 0.3 is 0 Å². The molecule has 0 atom stereocenters. The summed E-state index contributed by atoms with van der Waals surface area (Å²) in [6.07, 6.45) is 1.68. The van der Waals surface area contributed by atoms with Crippen molar-refractivity contribution in [1.82, 2.24) is 0 Å². The lowest BCUT2D eigenvalue weighted by atomic mass is 10.2. The first-order valence-electron chi connectivity index (χ1n) is 6.95. The summed E-state index contributed by atoms with van der Waals surface area (Å²) in [6, 6.07) is 11.9. The maximum Gasteiger partial charge on any atom is 0.286 e. The Morgan fingerprint density at radius 3 is 2.58 bits per heavy atom. The molecule has 0 saturated heterocycles. The van der Waals surface area contributed by atoms with Crippen LogP contribution in [0, 0.1) is 0 Å². The van der Waals surface area contributed by atoms with Gasteiger partial charge in [-0.3, -0.25) is 4.79 Å². The summed E-state index contributed by atoms with van der Waals surface area (Å²) in [6.45, 7) is 0. The van der Waals surface area contributed by atoms with Crippen LogP contribution >= 0.6 is 35.0 Å². The molecule has 24 heavy (non-hydrogen) atoms. The molecule has 3 rings (SSSR count). The number of aromatic hydroxyl groups is 1. The van der Waals surface area contributed by atoms with Crippen molar-refractivity contribution in [3.63, 3.8) is 0 Å². The lowest BCUT2D eigenvalue weighted by Crippen LogP contribution is -2.21. The number of carbonyl (C=O) groups excluding carboxylic acids is 1. The number of hydrogen-bond donors (Lipinski definition) is 1. The van der Waals surface area contributed by atoms with Gasteiger partial charge in [-0.25, -0.2) is 0 Å². The van der Waals surface area contributed by atoms with E-state index in [2.05, 4.69) is 4.99 Å². The van der Waals surface area contributed by atoms with Gasteiger partial charge in [0.05, 0.1) is 15.0 Å². The van der Waals surface area contributed by atoms with Crippen LogP contribution in [-0.4, -0.2) is 23.2 Å². The highest BCUT2D eigenvalue weighted by Gasteiger charge is 2.25. The number of aliphatic imine (C=N–C) groups is 1. The summed E-state index contributed by atoms with van der Waals surface area (Å²) >= 11 is 13.4. The third-order valence-corrected chi connectivity index (χ3v) is 5.29. The maximum atomic E-state index is 12.2. The molecule has 0 bridgehead atoms. The quantitative estimate of drug-likeness (QED) is 0.762. The molecule has 0 radical (unpaired) electrons. The molecule has 0 fully saturated rings. The standard InChI is InChI=1S/C17H12Cl2N2O2S/c1-21(11-5-7-12(22)8-6-11)17-20-16(23)14(24-17)9-10-3-2-4-13(18)15(10)19/h2-9,22H,1H3. The van der Waals surface area contributed by atoms with Crippen LogP contribution < -0.4 is 4.90 Å². The van der Waals surface area contributed by atoms with E-state index in [1.165, 1.54) is 11.8 Å². The number of anilines is 1. The number of phenolic OH excluding ortho intramolecular Hbond substituents is 1. The van der Waals surface area contributed by atoms with Crippen LogP contribution in [0.5, 0.6) is 5.75 Å². The number of carbonyl (C=O) groups is 1. The van der Waals surface area contributed by atoms with Crippen molar-refractivity contribution in [1.29, 1.82) is 0 Å². The molecule has 0 aliphatic carbocycles. The number of amidine groups is 1. The third-order valence-electron chi connectivity index (χ3n) is 3.40. The molecule has 0 unspecified atom stereocenters. The van der Waals surface area contributed by atoms with Crippen LogP contribution in [0.15, 0.2) is 52.4 Å². The Labute approximate surface area is 153 Å². The van der Waals surface area contributed by atoms with E-state index in [1.54, 1.807) is 60.5 Å². The third kappa shape index (κ3) is 3.43. The largest absolute Gasteiger partial charge is 0.508 e. The van der Waals surface area contributed by atoms with Gasteiger partial charge in [-0.05, 0) is 53.7 Å². The molecule has 1 N–H and O–H groups in total. The highest BCUT2D eigenvalue weighted by Crippen LogP contribution is 2.34. The predicted octanol–water partition coefficient (Wildman–Crippen LogP) is 4.81. The summed E-state index contributed by atoms with van der Waals surface area (Å²) in [5.41, 5.74) is 1.48. The van der Waals surface area contributed by atoms with Gasteiger partial charge in [-0.1, -0.05) is 35.3 Å². The van der Waals surface area contributed by atoms with E-state index in [0.717, 1.165) is 5.69 Å². The van der Waals surface area contributed by atoms with Crippen LogP contribution in [0.2, 0.25) is 10.0 Å². The van der Waals surface area contributed by atoms with Crippen LogP contribution in [0.25, 0.3) is 6.08 Å². The molecular formula is C17H12Cl2N2O2S. The molecular weight excluding hydrogens is 367 g/mol. The minimum atomic E-state index is -0.323. The molecule has 2 aromatic carbocycles. The van der Waals surface area contributed by atoms with E-state index in [1.807, 2.05) is 0 Å². The van der Waals surface area contributed by atoms with E-state index < -0.39 is 0 Å². The van der Waals surface area contributed by atoms with Crippen LogP contribution in [0.1, 0.15) is 5.56 Å². The van der Waals surface area contributed by atoms with E-state index in [4.69, 9.17) is 23.2 Å². The molecule has 7 heteroatoms. The minimum absolute atomic E-state index is 0.181. The highest BCUT2D eigenvalue weighted by atomic mass is 35.5. The Kier molecular flexibility index (Phi) is 4.85. The number of halogens is 2. The second-order valence-electron chi connectivity index (χ2n) is 5.03. The normalized spacial score (nSPS) is 15.7. The zero-order valence-electron chi connectivity index (χ0n) is 12.5. The Morgan fingerprint density at radius 1 is 1.17 bits per heavy atom. The average molecular weight is 379 g/mol. The van der Waals surface area contributed by atoms with E-state index in [-0.39, 0.29) is 11.7 Å². The van der Waals surface area contributed by atoms with Gasteiger partial charge in [0.25, 0.3) is 5.91 Å². The van der Waals surface area contributed by atoms with Crippen molar-refractivity contribution in [2.24, 2.45) is 4.99 Å². The fourth-order valence-corrected chi connectivity index (χ4v) is 3.35. The van der Waals surface area contributed by atoms with Gasteiger partial charge in [0.2, 0.25) is 0 Å². The van der Waals surface area contributed by atoms with Gasteiger partial charge in [0.1, 0.15) is 5.75 Å². The van der Waals surface area contributed by atoms with Gasteiger partial charge in [0.15, 0.2) is 5.17 Å². The second-order valence-corrected chi connectivity index (χ2v) is 6.82. The van der Waals surface area contributed by atoms with Gasteiger partial charge in [-0.2, -0.15) is 4.99 Å². The summed E-state index contributed by atoms with van der Waals surface area (Å²) in [4.78, 5) is 18.5. The Bertz CT molecular complexity index is 863. The lowest BCUT2D eigenvalue weighted by molar-refractivity contribution is -0.113. The summed E-state index contributed by atoms with van der Waals surface area (Å²) in [5.74, 6) is -0.142. The van der Waals surface area contributed by atoms with E-state index >= 15 is 0 Å². The number of nitrogens with zero attached hydrogens (tertiary/aromatic N) is 2. The van der Waals surface area contributed by atoms with Crippen molar-refractivity contribution in [2.45, 2.75) is 0 Å². The molecule has 122 valence electrons. The molecule has 0 aromatic heterocycles. The number of amides is 1. The fourth-order valence-electron chi connectivity index (χ4n) is 2.10. The first kappa shape index (κ1) is 16.9.